The molecule has 0 aliphatic heterocycles. The number of nitrogen functional groups attached to an aromatic ring is 1. The molecule has 5 heteroatoms. The highest BCUT2D eigenvalue weighted by Gasteiger charge is 2.44. The van der Waals surface area contributed by atoms with E-state index in [1.165, 1.54) is 17.3 Å². The van der Waals surface area contributed by atoms with Crippen molar-refractivity contribution in [2.24, 2.45) is 0 Å². The van der Waals surface area contributed by atoms with Gasteiger partial charge in [-0.1, -0.05) is 42.1 Å². The molecule has 2 aromatic rings. The number of hydrogen-bond donors (Lipinski definition) is 2. The Bertz CT molecular complexity index is 581. The van der Waals surface area contributed by atoms with Crippen LogP contribution in [0.4, 0.5) is 11.6 Å². The fourth-order valence-electron chi connectivity index (χ4n) is 2.21. The summed E-state index contributed by atoms with van der Waals surface area (Å²) < 4.78 is 0. The van der Waals surface area contributed by atoms with Crippen LogP contribution in [0.2, 0.25) is 0 Å². The van der Waals surface area contributed by atoms with Crippen LogP contribution < -0.4 is 11.1 Å². The number of benzene rings is 1. The van der Waals surface area contributed by atoms with Gasteiger partial charge in [0.25, 0.3) is 0 Å². The van der Waals surface area contributed by atoms with Gasteiger partial charge in [-0.2, -0.15) is 0 Å². The van der Waals surface area contributed by atoms with Crippen molar-refractivity contribution in [2.45, 2.75) is 23.5 Å². The standard InChI is InChI=1S/C14H16N4S/c1-19-13-16-11(15)9-12(17-13)18-14(7-8-14)10-5-3-2-4-6-10/h2-6,9H,7-8H2,1H3,(H3,15,16,17,18). The van der Waals surface area contributed by atoms with E-state index in [9.17, 15) is 0 Å². The van der Waals surface area contributed by atoms with E-state index in [0.29, 0.717) is 11.0 Å². The van der Waals surface area contributed by atoms with Gasteiger partial charge in [0.2, 0.25) is 0 Å². The maximum absolute atomic E-state index is 5.81. The summed E-state index contributed by atoms with van der Waals surface area (Å²) in [5, 5.41) is 4.22. The van der Waals surface area contributed by atoms with Crippen LogP contribution in [0.25, 0.3) is 0 Å². The van der Waals surface area contributed by atoms with E-state index in [1.807, 2.05) is 12.3 Å². The van der Waals surface area contributed by atoms with Crippen LogP contribution in [0.1, 0.15) is 18.4 Å². The van der Waals surface area contributed by atoms with Crippen LogP contribution in [0, 0.1) is 0 Å². The van der Waals surface area contributed by atoms with Crippen LogP contribution in [0.5, 0.6) is 0 Å². The molecule has 4 nitrogen and oxygen atoms in total. The van der Waals surface area contributed by atoms with Crippen molar-refractivity contribution in [3.05, 3.63) is 42.0 Å². The predicted octanol–water partition coefficient (Wildman–Crippen LogP) is 2.88. The highest BCUT2D eigenvalue weighted by molar-refractivity contribution is 7.98. The number of nitrogens with two attached hydrogens (primary N) is 1. The molecule has 3 rings (SSSR count). The Morgan fingerprint density at radius 3 is 2.58 bits per heavy atom. The molecule has 1 aliphatic rings. The first-order chi connectivity index (χ1) is 9.22. The SMILES string of the molecule is CSc1nc(N)cc(NC2(c3ccccc3)CC2)n1. The number of anilines is 2. The van der Waals surface area contributed by atoms with Crippen molar-refractivity contribution >= 4 is 23.4 Å². The molecule has 1 aromatic carbocycles. The number of rotatable bonds is 4. The minimum Gasteiger partial charge on any atom is -0.383 e. The predicted molar refractivity (Wildman–Crippen MR) is 79.2 cm³/mol. The molecule has 3 N–H and O–H groups in total. The summed E-state index contributed by atoms with van der Waals surface area (Å²) >= 11 is 1.50. The zero-order valence-corrected chi connectivity index (χ0v) is 11.6. The van der Waals surface area contributed by atoms with E-state index in [0.717, 1.165) is 18.7 Å². The van der Waals surface area contributed by atoms with Crippen molar-refractivity contribution in [3.63, 3.8) is 0 Å². The van der Waals surface area contributed by atoms with Gasteiger partial charge in [-0.05, 0) is 24.7 Å². The zero-order chi connectivity index (χ0) is 13.3. The minimum absolute atomic E-state index is 0.0255. The average Bonchev–Trinajstić information content (AvgIpc) is 3.20. The third-order valence-electron chi connectivity index (χ3n) is 3.35. The first-order valence-electron chi connectivity index (χ1n) is 6.24. The summed E-state index contributed by atoms with van der Waals surface area (Å²) in [5.41, 5.74) is 7.14. The van der Waals surface area contributed by atoms with Gasteiger partial charge in [0.1, 0.15) is 11.6 Å². The average molecular weight is 272 g/mol. The third kappa shape index (κ3) is 2.51. The summed E-state index contributed by atoms with van der Waals surface area (Å²) in [7, 11) is 0. The van der Waals surface area contributed by atoms with Gasteiger partial charge in [-0.15, -0.1) is 0 Å². The molecule has 0 atom stereocenters. The van der Waals surface area contributed by atoms with Gasteiger partial charge in [0, 0.05) is 6.07 Å². The summed E-state index contributed by atoms with van der Waals surface area (Å²) in [5.74, 6) is 1.31. The zero-order valence-electron chi connectivity index (χ0n) is 10.8. The highest BCUT2D eigenvalue weighted by atomic mass is 32.2. The van der Waals surface area contributed by atoms with E-state index >= 15 is 0 Å². The van der Waals surface area contributed by atoms with Gasteiger partial charge < -0.3 is 11.1 Å². The Balaban J connectivity index is 1.87. The topological polar surface area (TPSA) is 63.8 Å². The number of nitrogens with zero attached hydrogens (tertiary/aromatic N) is 2. The van der Waals surface area contributed by atoms with Crippen LogP contribution in [-0.2, 0) is 5.54 Å². The van der Waals surface area contributed by atoms with E-state index in [4.69, 9.17) is 5.73 Å². The lowest BCUT2D eigenvalue weighted by Crippen LogP contribution is -2.19. The van der Waals surface area contributed by atoms with Crippen molar-refractivity contribution in [1.82, 2.24) is 9.97 Å². The maximum atomic E-state index is 5.81. The van der Waals surface area contributed by atoms with E-state index in [-0.39, 0.29) is 5.54 Å². The fraction of sp³-hybridized carbons (Fsp3) is 0.286. The van der Waals surface area contributed by atoms with Gasteiger partial charge >= 0.3 is 0 Å². The van der Waals surface area contributed by atoms with Crippen LogP contribution in [-0.4, -0.2) is 16.2 Å². The third-order valence-corrected chi connectivity index (χ3v) is 3.90. The quantitative estimate of drug-likeness (QED) is 0.662. The summed E-state index contributed by atoms with van der Waals surface area (Å²) in [6, 6.07) is 12.3. The molecule has 0 bridgehead atoms. The second-order valence-corrected chi connectivity index (χ2v) is 5.51. The molecule has 1 heterocycles. The Morgan fingerprint density at radius 1 is 1.21 bits per heavy atom. The van der Waals surface area contributed by atoms with Gasteiger partial charge in [0.05, 0.1) is 5.54 Å². The van der Waals surface area contributed by atoms with Crippen molar-refractivity contribution in [3.8, 4) is 0 Å². The Morgan fingerprint density at radius 2 is 1.95 bits per heavy atom. The Hall–Kier alpha value is -1.75. The number of nitrogens with one attached hydrogen (secondary N) is 1. The second-order valence-electron chi connectivity index (χ2n) is 4.74. The smallest absolute Gasteiger partial charge is 0.191 e. The van der Waals surface area contributed by atoms with Crippen molar-refractivity contribution < 1.29 is 0 Å². The van der Waals surface area contributed by atoms with Gasteiger partial charge in [0.15, 0.2) is 5.16 Å². The highest BCUT2D eigenvalue weighted by Crippen LogP contribution is 2.48. The van der Waals surface area contributed by atoms with Gasteiger partial charge in [-0.25, -0.2) is 9.97 Å². The lowest BCUT2D eigenvalue weighted by Gasteiger charge is -2.19. The number of aromatic nitrogens is 2. The summed E-state index contributed by atoms with van der Waals surface area (Å²) in [4.78, 5) is 8.63. The molecule has 0 radical (unpaired) electrons. The first-order valence-corrected chi connectivity index (χ1v) is 7.47. The molecule has 1 aromatic heterocycles. The molecule has 1 fully saturated rings. The van der Waals surface area contributed by atoms with Gasteiger partial charge in [-0.3, -0.25) is 0 Å². The van der Waals surface area contributed by atoms with Crippen LogP contribution in [0.15, 0.2) is 41.6 Å². The van der Waals surface area contributed by atoms with Crippen molar-refractivity contribution in [1.29, 1.82) is 0 Å². The molecule has 1 aliphatic carbocycles. The van der Waals surface area contributed by atoms with E-state index in [2.05, 4.69) is 39.6 Å². The molecule has 19 heavy (non-hydrogen) atoms. The summed E-state index contributed by atoms with van der Waals surface area (Å²) in [6.45, 7) is 0. The first kappa shape index (κ1) is 12.3. The van der Waals surface area contributed by atoms with E-state index in [1.54, 1.807) is 6.07 Å². The number of hydrogen-bond acceptors (Lipinski definition) is 5. The molecular formula is C14H16N4S. The number of thioether (sulfide) groups is 1. The molecule has 0 amide bonds. The normalized spacial score (nSPS) is 16.1. The lowest BCUT2D eigenvalue weighted by atomic mass is 10.1. The maximum Gasteiger partial charge on any atom is 0.191 e. The molecule has 0 saturated heterocycles. The molecular weight excluding hydrogens is 256 g/mol. The fourth-order valence-corrected chi connectivity index (χ4v) is 2.60. The molecule has 0 spiro atoms. The van der Waals surface area contributed by atoms with E-state index < -0.39 is 0 Å². The Labute approximate surface area is 116 Å². The lowest BCUT2D eigenvalue weighted by molar-refractivity contribution is 0.791. The summed E-state index contributed by atoms with van der Waals surface area (Å²) in [6.07, 6.45) is 4.19. The minimum atomic E-state index is 0.0255. The van der Waals surface area contributed by atoms with Crippen LogP contribution >= 0.6 is 11.8 Å². The monoisotopic (exact) mass is 272 g/mol. The molecule has 98 valence electrons. The largest absolute Gasteiger partial charge is 0.383 e. The van der Waals surface area contributed by atoms with Crippen molar-refractivity contribution in [2.75, 3.05) is 17.3 Å². The Kier molecular flexibility index (Phi) is 3.06. The second kappa shape index (κ2) is 4.74. The molecule has 1 saturated carbocycles. The molecule has 0 unspecified atom stereocenters. The van der Waals surface area contributed by atoms with Crippen LogP contribution in [0.3, 0.4) is 0 Å².